The number of benzene rings is 3. The van der Waals surface area contributed by atoms with Crippen LogP contribution in [0.5, 0.6) is 0 Å². The Morgan fingerprint density at radius 1 is 0.694 bits per heavy atom. The summed E-state index contributed by atoms with van der Waals surface area (Å²) in [6.07, 6.45) is -20.2. The van der Waals surface area contributed by atoms with E-state index in [2.05, 4.69) is 26.3 Å². The number of esters is 1. The van der Waals surface area contributed by atoms with Crippen LogP contribution in [0, 0.1) is 11.8 Å². The zero-order valence-corrected chi connectivity index (χ0v) is 54.3. The average Bonchev–Trinajstić information content (AvgIpc) is 0.756. The van der Waals surface area contributed by atoms with E-state index in [1.807, 2.05) is 4.98 Å². The number of hydrogen-bond donors (Lipinski definition) is 15. The Labute approximate surface area is 557 Å². The first-order valence-corrected chi connectivity index (χ1v) is 34.8. The van der Waals surface area contributed by atoms with Gasteiger partial charge in [0.05, 0.1) is 59.1 Å². The van der Waals surface area contributed by atoms with Gasteiger partial charge in [-0.25, -0.2) is 14.4 Å². The zero-order chi connectivity index (χ0) is 71.6. The molecule has 40 heteroatoms. The van der Waals surface area contributed by atoms with Crippen molar-refractivity contribution in [1.29, 1.82) is 0 Å². The molecule has 8 rings (SSSR count). The number of aromatic nitrogens is 2. The lowest BCUT2D eigenvalue weighted by Gasteiger charge is -2.48. The van der Waals surface area contributed by atoms with Gasteiger partial charge in [0.2, 0.25) is 17.7 Å². The highest BCUT2D eigenvalue weighted by atomic mass is 32.2. The molecule has 4 fully saturated rings. The molecule has 14 unspecified atom stereocenters. The molecule has 0 radical (unpaired) electrons. The van der Waals surface area contributed by atoms with Gasteiger partial charge in [0.15, 0.2) is 24.8 Å². The Balaban J connectivity index is 0.977. The number of fused-ring (bicyclic) bond motifs is 1. The monoisotopic (exact) mass is 1450 g/mol. The smallest absolute Gasteiger partial charge is 0.338 e. The van der Waals surface area contributed by atoms with E-state index in [9.17, 15) is 108 Å². The SMILES string of the molecule is CC1OC(OC2C(NC(=O)c3cc(=O)[nH]c(=O)[nH]3)CC(C(=O)NCCNC(=O)COCCOCC(=O)Nc3cc(S(=O)(=O)O)cc4cc(S(=O)(=O)O)cc(S(=O)(=O)O)c34)CC2OC2OC(CO)C(O)C(O[C@@H](CC3CCCCC3)C(=O)O)C2OC(=O)c2ccccc2)C(O)C(O)C1O. The van der Waals surface area contributed by atoms with Crippen LogP contribution in [0.1, 0.15) is 79.1 Å². The number of carboxylic acid groups (broad SMARTS) is 1. The van der Waals surface area contributed by atoms with E-state index in [0.717, 1.165) is 25.3 Å². The maximum absolute atomic E-state index is 14.4. The van der Waals surface area contributed by atoms with Gasteiger partial charge in [-0.2, -0.15) is 25.3 Å². The highest BCUT2D eigenvalue weighted by Crippen LogP contribution is 2.39. The molecule has 1 aromatic heterocycles. The lowest BCUT2D eigenvalue weighted by atomic mass is 9.80. The standard InChI is InChI=1S/C58H74N6O31S3/c1-27-45(69)47(71)48(72)56(90-27)95-49-35(62-53(74)36-23-41(66)64-58(78)63-36)19-31(20-37(49)92-57-51(94-55(77)29-10-6-3-7-11-29)50(46(70)39(24-65)93-57)91-38(54(75)76)16-28-8-4-2-5-9-28)52(73)60-13-12-59-42(67)25-88-14-15-89-26-43(68)61-34-21-32(96(79,80)81)17-30-18-33(97(82,83)84)22-40(44(30)34)98(85,86)87/h3,6-7,10-11,17-18,21-23,27-28,31,35,37-39,45-51,56-57,65,69-72H,2,4-5,8-9,12-16,19-20,24-26H2,1H3,(H,59,67)(H,60,73)(H,61,68)(H,62,74)(H,75,76)(H,79,80,81)(H,82,83,84)(H,85,86,87)(H2,63,64,66,78)/t27?,31?,35?,37?,38-,39?,45?,46?,47?,48?,49?,50?,51?,56?,57?/m0/s1. The predicted molar refractivity (Wildman–Crippen MR) is 328 cm³/mol. The molecule has 3 heterocycles. The molecular formula is C58H74N6O31S3. The molecule has 0 spiro atoms. The summed E-state index contributed by atoms with van der Waals surface area (Å²) in [7, 11) is -15.7. The van der Waals surface area contributed by atoms with Crippen molar-refractivity contribution < 1.29 is 136 Å². The molecule has 37 nitrogen and oxygen atoms in total. The second-order valence-corrected chi connectivity index (χ2v) is 27.8. The highest BCUT2D eigenvalue weighted by Gasteiger charge is 2.55. The summed E-state index contributed by atoms with van der Waals surface area (Å²) in [4.78, 5) is 107. The lowest BCUT2D eigenvalue weighted by Crippen LogP contribution is -2.65. The molecular weight excluding hydrogens is 1370 g/mol. The van der Waals surface area contributed by atoms with Crippen LogP contribution < -0.4 is 32.5 Å². The average molecular weight is 1450 g/mol. The Bertz CT molecular complexity index is 3970. The van der Waals surface area contributed by atoms with Crippen molar-refractivity contribution in [2.75, 3.05) is 51.4 Å². The van der Waals surface area contributed by atoms with E-state index < -0.39 is 245 Å². The summed E-state index contributed by atoms with van der Waals surface area (Å²) in [6.45, 7) is -2.49. The number of aliphatic carboxylic acids is 1. The summed E-state index contributed by atoms with van der Waals surface area (Å²) in [5.74, 6) is -7.75. The number of carbonyl (C=O) groups excluding carboxylic acids is 5. The number of aliphatic hydroxyl groups is 5. The molecule has 2 aliphatic heterocycles. The van der Waals surface area contributed by atoms with Crippen molar-refractivity contribution >= 4 is 82.4 Å². The minimum Gasteiger partial charge on any atom is -0.479 e. The number of rotatable bonds is 29. The second-order valence-electron chi connectivity index (χ2n) is 23.5. The maximum Gasteiger partial charge on any atom is 0.338 e. The van der Waals surface area contributed by atoms with E-state index >= 15 is 0 Å². The molecule has 2 aliphatic carbocycles. The topological polar surface area (TPSA) is 575 Å². The van der Waals surface area contributed by atoms with Gasteiger partial charge in [-0.3, -0.25) is 42.6 Å². The quantitative estimate of drug-likeness (QED) is 0.0147. The highest BCUT2D eigenvalue weighted by molar-refractivity contribution is 7.87. The Morgan fingerprint density at radius 2 is 1.34 bits per heavy atom. The van der Waals surface area contributed by atoms with Crippen molar-refractivity contribution in [3.63, 3.8) is 0 Å². The van der Waals surface area contributed by atoms with Crippen LogP contribution in [0.2, 0.25) is 0 Å². The normalized spacial score (nSPS) is 26.7. The molecule has 4 amide bonds. The predicted octanol–water partition coefficient (Wildman–Crippen LogP) is -2.92. The van der Waals surface area contributed by atoms with E-state index in [4.69, 9.17) is 37.9 Å². The fourth-order valence-electron chi connectivity index (χ4n) is 11.7. The van der Waals surface area contributed by atoms with Crippen LogP contribution in [0.3, 0.4) is 0 Å². The van der Waals surface area contributed by atoms with Gasteiger partial charge >= 0.3 is 17.6 Å². The van der Waals surface area contributed by atoms with E-state index in [1.54, 1.807) is 6.07 Å². The third kappa shape index (κ3) is 20.0. The Hall–Kier alpha value is -7.33. The van der Waals surface area contributed by atoms with E-state index in [1.165, 1.54) is 31.2 Å². The van der Waals surface area contributed by atoms with Crippen molar-refractivity contribution in [2.24, 2.45) is 11.8 Å². The van der Waals surface area contributed by atoms with Gasteiger partial charge < -0.3 is 94.8 Å². The fraction of sp³-hybridized carbons (Fsp3) is 0.552. The minimum absolute atomic E-state index is 0.0398. The number of amides is 4. The van der Waals surface area contributed by atoms with Gasteiger partial charge in [-0.15, -0.1) is 0 Å². The summed E-state index contributed by atoms with van der Waals surface area (Å²) in [5.41, 5.74) is -3.45. The number of aliphatic hydroxyl groups excluding tert-OH is 5. The molecule has 3 aromatic carbocycles. The number of hydrogen-bond acceptors (Lipinski definition) is 27. The van der Waals surface area contributed by atoms with Crippen LogP contribution in [0.25, 0.3) is 10.8 Å². The number of ether oxygens (including phenoxy) is 8. The first-order valence-electron chi connectivity index (χ1n) is 30.5. The fourth-order valence-corrected chi connectivity index (χ4v) is 13.7. The van der Waals surface area contributed by atoms with E-state index in [0.29, 0.717) is 37.1 Å². The summed E-state index contributed by atoms with van der Waals surface area (Å²) in [5, 5.41) is 74.5. The van der Waals surface area contributed by atoms with Crippen LogP contribution in [-0.4, -0.2) is 247 Å². The summed E-state index contributed by atoms with van der Waals surface area (Å²) in [6, 6.07) is 8.66. The third-order valence-corrected chi connectivity index (χ3v) is 19.1. The molecule has 4 aliphatic rings. The molecule has 540 valence electrons. The third-order valence-electron chi connectivity index (χ3n) is 16.5. The Morgan fingerprint density at radius 3 is 1.96 bits per heavy atom. The van der Waals surface area contributed by atoms with Crippen molar-refractivity contribution in [1.82, 2.24) is 25.9 Å². The summed E-state index contributed by atoms with van der Waals surface area (Å²) >= 11 is 0. The van der Waals surface area contributed by atoms with Crippen LogP contribution in [0.4, 0.5) is 5.69 Å². The molecule has 4 aromatic rings. The second kappa shape index (κ2) is 33.2. The van der Waals surface area contributed by atoms with Crippen molar-refractivity contribution in [3.05, 3.63) is 92.8 Å². The van der Waals surface area contributed by atoms with Gasteiger partial charge in [-0.05, 0) is 73.9 Å². The first-order chi connectivity index (χ1) is 46.2. The van der Waals surface area contributed by atoms with Gasteiger partial charge in [0.1, 0.15) is 66.5 Å². The van der Waals surface area contributed by atoms with Gasteiger partial charge in [0, 0.05) is 30.5 Å². The number of H-pyrrole nitrogens is 2. The zero-order valence-electron chi connectivity index (χ0n) is 51.8. The molecule has 98 heavy (non-hydrogen) atoms. The summed E-state index contributed by atoms with van der Waals surface area (Å²) < 4.78 is 150. The molecule has 2 saturated carbocycles. The van der Waals surface area contributed by atoms with Crippen molar-refractivity contribution in [2.45, 2.75) is 159 Å². The number of nitrogens with one attached hydrogen (secondary N) is 6. The number of carbonyl (C=O) groups is 6. The van der Waals surface area contributed by atoms with Gasteiger partial charge in [0.25, 0.3) is 41.8 Å². The minimum atomic E-state index is -5.35. The largest absolute Gasteiger partial charge is 0.479 e. The molecule has 2 saturated heterocycles. The number of anilines is 1. The van der Waals surface area contributed by atoms with Crippen LogP contribution in [-0.2, 0) is 87.4 Å². The Kier molecular flexibility index (Phi) is 25.9. The van der Waals surface area contributed by atoms with Crippen LogP contribution >= 0.6 is 0 Å². The van der Waals surface area contributed by atoms with E-state index in [-0.39, 0.29) is 37.6 Å². The maximum atomic E-state index is 14.4. The number of carboxylic acids is 1. The lowest BCUT2D eigenvalue weighted by molar-refractivity contribution is -0.347. The molecule has 0 bridgehead atoms. The molecule has 15 N–H and O–H groups in total. The van der Waals surface area contributed by atoms with Crippen LogP contribution in [0.15, 0.2) is 84.9 Å². The first kappa shape index (κ1) is 76.4. The van der Waals surface area contributed by atoms with Gasteiger partial charge in [-0.1, -0.05) is 50.3 Å². The van der Waals surface area contributed by atoms with Crippen molar-refractivity contribution in [3.8, 4) is 0 Å². The molecule has 15 atom stereocenters. The number of aromatic amines is 2.